The second kappa shape index (κ2) is 8.79. The van der Waals surface area contributed by atoms with Crippen molar-refractivity contribution in [2.75, 3.05) is 13.7 Å². The van der Waals surface area contributed by atoms with Crippen LogP contribution >= 0.6 is 0 Å². The number of nitrogens with one attached hydrogen (secondary N) is 3. The van der Waals surface area contributed by atoms with Gasteiger partial charge in [-0.1, -0.05) is 19.1 Å². The summed E-state index contributed by atoms with van der Waals surface area (Å²) < 4.78 is 5.06. The lowest BCUT2D eigenvalue weighted by atomic mass is 10.1. The number of carbonyl (C=O) groups is 2. The van der Waals surface area contributed by atoms with E-state index < -0.39 is 6.03 Å². The van der Waals surface area contributed by atoms with E-state index in [1.165, 1.54) is 0 Å². The van der Waals surface area contributed by atoms with Crippen LogP contribution in [-0.4, -0.2) is 25.6 Å². The number of hydrogen-bond donors (Lipinski definition) is 3. The van der Waals surface area contributed by atoms with Crippen LogP contribution in [0, 0.1) is 0 Å². The van der Waals surface area contributed by atoms with E-state index in [4.69, 9.17) is 4.74 Å². The summed E-state index contributed by atoms with van der Waals surface area (Å²) >= 11 is 0. The highest BCUT2D eigenvalue weighted by Crippen LogP contribution is 2.12. The molecule has 0 saturated heterocycles. The van der Waals surface area contributed by atoms with E-state index in [2.05, 4.69) is 16.2 Å². The molecule has 6 nitrogen and oxygen atoms in total. The highest BCUT2D eigenvalue weighted by Gasteiger charge is 2.04. The van der Waals surface area contributed by atoms with Gasteiger partial charge in [-0.2, -0.15) is 0 Å². The Balaban J connectivity index is 2.23. The van der Waals surface area contributed by atoms with Crippen LogP contribution in [0.15, 0.2) is 24.3 Å². The number of hydrazine groups is 1. The molecular weight excluding hydrogens is 258 g/mol. The molecule has 0 bridgehead atoms. The number of methoxy groups -OCH3 is 1. The molecule has 0 aliphatic carbocycles. The van der Waals surface area contributed by atoms with Crippen molar-refractivity contribution in [3.63, 3.8) is 0 Å². The number of rotatable bonds is 6. The van der Waals surface area contributed by atoms with Gasteiger partial charge in [0.1, 0.15) is 5.75 Å². The zero-order valence-corrected chi connectivity index (χ0v) is 11.9. The Hall–Kier alpha value is -2.24. The molecule has 3 N–H and O–H groups in total. The zero-order chi connectivity index (χ0) is 14.8. The topological polar surface area (TPSA) is 79.5 Å². The van der Waals surface area contributed by atoms with Crippen LogP contribution in [0.5, 0.6) is 5.75 Å². The molecule has 0 aromatic heterocycles. The monoisotopic (exact) mass is 279 g/mol. The Morgan fingerprint density at radius 1 is 1.15 bits per heavy atom. The third-order valence-corrected chi connectivity index (χ3v) is 2.65. The van der Waals surface area contributed by atoms with Gasteiger partial charge < -0.3 is 10.1 Å². The third-order valence-electron chi connectivity index (χ3n) is 2.65. The van der Waals surface area contributed by atoms with Gasteiger partial charge in [-0.3, -0.25) is 10.2 Å². The highest BCUT2D eigenvalue weighted by molar-refractivity contribution is 5.81. The maximum atomic E-state index is 11.5. The molecule has 110 valence electrons. The summed E-state index contributed by atoms with van der Waals surface area (Å²) in [5.41, 5.74) is 5.70. The lowest BCUT2D eigenvalue weighted by molar-refractivity contribution is -0.121. The number of amides is 3. The van der Waals surface area contributed by atoms with Crippen molar-refractivity contribution in [1.82, 2.24) is 16.2 Å². The normalized spacial score (nSPS) is 9.70. The minimum Gasteiger partial charge on any atom is -0.497 e. The van der Waals surface area contributed by atoms with Crippen LogP contribution in [0.25, 0.3) is 0 Å². The Kier molecular flexibility index (Phi) is 6.95. The molecule has 0 spiro atoms. The Labute approximate surface area is 118 Å². The molecule has 0 radical (unpaired) electrons. The van der Waals surface area contributed by atoms with Crippen molar-refractivity contribution in [3.8, 4) is 5.75 Å². The molecule has 0 fully saturated rings. The first-order valence-electron chi connectivity index (χ1n) is 6.61. The third kappa shape index (κ3) is 6.08. The minimum absolute atomic E-state index is 0.229. The zero-order valence-electron chi connectivity index (χ0n) is 11.9. The Morgan fingerprint density at radius 2 is 1.85 bits per heavy atom. The summed E-state index contributed by atoms with van der Waals surface area (Å²) in [6.07, 6.45) is 1.76. The van der Waals surface area contributed by atoms with Gasteiger partial charge in [0.2, 0.25) is 5.91 Å². The fourth-order valence-electron chi connectivity index (χ4n) is 1.52. The van der Waals surface area contributed by atoms with Gasteiger partial charge >= 0.3 is 6.03 Å². The number of benzene rings is 1. The summed E-state index contributed by atoms with van der Waals surface area (Å²) in [5, 5.41) is 2.60. The first kappa shape index (κ1) is 15.8. The molecule has 0 aliphatic heterocycles. The lowest BCUT2D eigenvalue weighted by Crippen LogP contribution is -2.47. The van der Waals surface area contributed by atoms with Gasteiger partial charge in [-0.25, -0.2) is 10.2 Å². The number of ether oxygens (including phenoxy) is 1. The first-order valence-corrected chi connectivity index (χ1v) is 6.61. The maximum Gasteiger partial charge on any atom is 0.333 e. The van der Waals surface area contributed by atoms with Crippen LogP contribution < -0.4 is 20.9 Å². The van der Waals surface area contributed by atoms with Gasteiger partial charge in [0, 0.05) is 13.0 Å². The smallest absolute Gasteiger partial charge is 0.333 e. The van der Waals surface area contributed by atoms with Gasteiger partial charge in [0.05, 0.1) is 7.11 Å². The predicted octanol–water partition coefficient (Wildman–Crippen LogP) is 1.37. The molecule has 6 heteroatoms. The largest absolute Gasteiger partial charge is 0.497 e. The van der Waals surface area contributed by atoms with E-state index in [1.54, 1.807) is 7.11 Å². The van der Waals surface area contributed by atoms with E-state index in [0.717, 1.165) is 17.7 Å². The van der Waals surface area contributed by atoms with Crippen LogP contribution in [-0.2, 0) is 11.2 Å². The second-order valence-corrected chi connectivity index (χ2v) is 4.28. The molecule has 1 aromatic carbocycles. The molecular formula is C14H21N3O3. The summed E-state index contributed by atoms with van der Waals surface area (Å²) in [4.78, 5) is 22.7. The second-order valence-electron chi connectivity index (χ2n) is 4.28. The van der Waals surface area contributed by atoms with Crippen molar-refractivity contribution in [2.45, 2.75) is 26.2 Å². The van der Waals surface area contributed by atoms with Crippen LogP contribution in [0.3, 0.4) is 0 Å². The van der Waals surface area contributed by atoms with E-state index in [1.807, 2.05) is 31.2 Å². The standard InChI is InChI=1S/C14H21N3O3/c1-3-10-15-14(19)17-16-13(18)9-6-11-4-7-12(20-2)8-5-11/h4-5,7-8H,3,6,9-10H2,1-2H3,(H,16,18)(H2,15,17,19). The van der Waals surface area contributed by atoms with Crippen molar-refractivity contribution in [3.05, 3.63) is 29.8 Å². The Bertz CT molecular complexity index is 432. The fourth-order valence-corrected chi connectivity index (χ4v) is 1.52. The van der Waals surface area contributed by atoms with Crippen molar-refractivity contribution in [1.29, 1.82) is 0 Å². The van der Waals surface area contributed by atoms with Crippen molar-refractivity contribution >= 4 is 11.9 Å². The molecule has 0 unspecified atom stereocenters. The first-order chi connectivity index (χ1) is 9.65. The van der Waals surface area contributed by atoms with E-state index in [0.29, 0.717) is 19.4 Å². The molecule has 0 atom stereocenters. The Morgan fingerprint density at radius 3 is 2.45 bits per heavy atom. The molecule has 0 saturated carbocycles. The average molecular weight is 279 g/mol. The van der Waals surface area contributed by atoms with Crippen molar-refractivity contribution in [2.24, 2.45) is 0 Å². The van der Waals surface area contributed by atoms with Gasteiger partial charge in [-0.05, 0) is 30.5 Å². The molecule has 3 amide bonds. The number of aryl methyl sites for hydroxylation is 1. The predicted molar refractivity (Wildman–Crippen MR) is 76.3 cm³/mol. The highest BCUT2D eigenvalue weighted by atomic mass is 16.5. The minimum atomic E-state index is -0.398. The number of hydrogen-bond acceptors (Lipinski definition) is 3. The molecule has 0 heterocycles. The van der Waals surface area contributed by atoms with E-state index in [-0.39, 0.29) is 5.91 Å². The fraction of sp³-hybridized carbons (Fsp3) is 0.429. The number of urea groups is 1. The van der Waals surface area contributed by atoms with Crippen LogP contribution in [0.2, 0.25) is 0 Å². The summed E-state index contributed by atoms with van der Waals surface area (Å²) in [5.74, 6) is 0.555. The van der Waals surface area contributed by atoms with Gasteiger partial charge in [0.25, 0.3) is 0 Å². The van der Waals surface area contributed by atoms with Gasteiger partial charge in [-0.15, -0.1) is 0 Å². The summed E-state index contributed by atoms with van der Waals surface area (Å²) in [6.45, 7) is 2.53. The molecule has 1 rings (SSSR count). The molecule has 1 aromatic rings. The summed E-state index contributed by atoms with van der Waals surface area (Å²) in [7, 11) is 1.61. The molecule has 0 aliphatic rings. The van der Waals surface area contributed by atoms with Crippen LogP contribution in [0.4, 0.5) is 4.79 Å². The van der Waals surface area contributed by atoms with E-state index >= 15 is 0 Å². The van der Waals surface area contributed by atoms with Gasteiger partial charge in [0.15, 0.2) is 0 Å². The summed E-state index contributed by atoms with van der Waals surface area (Å²) in [6, 6.07) is 7.12. The molecule has 20 heavy (non-hydrogen) atoms. The quantitative estimate of drug-likeness (QED) is 0.688. The van der Waals surface area contributed by atoms with Crippen LogP contribution in [0.1, 0.15) is 25.3 Å². The maximum absolute atomic E-state index is 11.5. The van der Waals surface area contributed by atoms with Crippen molar-refractivity contribution < 1.29 is 14.3 Å². The SMILES string of the molecule is CCCNC(=O)NNC(=O)CCc1ccc(OC)cc1. The van der Waals surface area contributed by atoms with E-state index in [9.17, 15) is 9.59 Å². The lowest BCUT2D eigenvalue weighted by Gasteiger charge is -2.08. The average Bonchev–Trinajstić information content (AvgIpc) is 2.49. The number of carbonyl (C=O) groups excluding carboxylic acids is 2.